The largest absolute Gasteiger partial charge is 0.395 e. The summed E-state index contributed by atoms with van der Waals surface area (Å²) < 4.78 is 1.68. The van der Waals surface area contributed by atoms with Crippen LogP contribution >= 0.6 is 11.9 Å². The van der Waals surface area contributed by atoms with Gasteiger partial charge in [-0.05, 0) is 11.9 Å². The fraction of sp³-hybridized carbons (Fsp3) is 0.800. The second-order valence-corrected chi connectivity index (χ2v) is 2.91. The molecule has 3 nitrogen and oxygen atoms in total. The van der Waals surface area contributed by atoms with E-state index in [-0.39, 0.29) is 12.5 Å². The molecule has 0 aliphatic carbocycles. The maximum Gasteiger partial charge on any atom is 0.234 e. The van der Waals surface area contributed by atoms with Gasteiger partial charge in [0, 0.05) is 18.7 Å². The molecule has 0 aromatic rings. The minimum Gasteiger partial charge on any atom is -0.395 e. The molecule has 1 heterocycles. The molecule has 1 fully saturated rings. The number of aliphatic hydroxyl groups excluding tert-OH is 1. The van der Waals surface area contributed by atoms with E-state index in [0.717, 1.165) is 6.54 Å². The minimum atomic E-state index is 0.147. The summed E-state index contributed by atoms with van der Waals surface area (Å²) in [6, 6.07) is 0. The van der Waals surface area contributed by atoms with Gasteiger partial charge in [-0.25, -0.2) is 0 Å². The predicted octanol–water partition coefficient (Wildman–Crippen LogP) is -0.141. The van der Waals surface area contributed by atoms with Crippen molar-refractivity contribution in [2.45, 2.75) is 6.42 Å². The molecule has 1 N–H and O–H groups in total. The van der Waals surface area contributed by atoms with E-state index in [1.54, 1.807) is 4.31 Å². The van der Waals surface area contributed by atoms with E-state index in [9.17, 15) is 4.79 Å². The van der Waals surface area contributed by atoms with Crippen LogP contribution in [0.5, 0.6) is 0 Å². The van der Waals surface area contributed by atoms with Gasteiger partial charge in [0.15, 0.2) is 0 Å². The summed E-state index contributed by atoms with van der Waals surface area (Å²) in [5.41, 5.74) is 0. The molecule has 0 spiro atoms. The monoisotopic (exact) mass is 147 g/mol. The van der Waals surface area contributed by atoms with Crippen LogP contribution in [0.2, 0.25) is 0 Å². The number of carbonyl (C=O) groups excluding carboxylic acids is 1. The van der Waals surface area contributed by atoms with E-state index in [1.165, 1.54) is 11.9 Å². The van der Waals surface area contributed by atoms with Crippen molar-refractivity contribution >= 4 is 17.9 Å². The Labute approximate surface area is 58.2 Å². The van der Waals surface area contributed by atoms with Crippen LogP contribution in [0.3, 0.4) is 0 Å². The van der Waals surface area contributed by atoms with Crippen LogP contribution in [0.1, 0.15) is 6.42 Å². The molecule has 52 valence electrons. The molecule has 1 amide bonds. The third-order valence-electron chi connectivity index (χ3n) is 1.15. The van der Waals surface area contributed by atoms with E-state index in [1.807, 2.05) is 0 Å². The Morgan fingerprint density at radius 2 is 2.56 bits per heavy atom. The zero-order valence-corrected chi connectivity index (χ0v) is 5.86. The zero-order valence-electron chi connectivity index (χ0n) is 5.04. The first-order valence-corrected chi connectivity index (χ1v) is 3.83. The second kappa shape index (κ2) is 3.08. The number of hydrogen-bond donors (Lipinski definition) is 1. The lowest BCUT2D eigenvalue weighted by Crippen LogP contribution is -2.38. The number of amides is 1. The molecule has 0 saturated carbocycles. The molecule has 9 heavy (non-hydrogen) atoms. The molecule has 1 aliphatic heterocycles. The Morgan fingerprint density at radius 3 is 2.89 bits per heavy atom. The number of aliphatic hydroxyl groups is 1. The van der Waals surface area contributed by atoms with Crippen molar-refractivity contribution in [3.8, 4) is 0 Å². The first-order valence-electron chi connectivity index (χ1n) is 2.88. The van der Waals surface area contributed by atoms with Gasteiger partial charge in [-0.1, -0.05) is 0 Å². The average Bonchev–Trinajstić information content (AvgIpc) is 1.86. The summed E-state index contributed by atoms with van der Waals surface area (Å²) >= 11 is 1.41. The summed E-state index contributed by atoms with van der Waals surface area (Å²) in [6.45, 7) is 0.998. The lowest BCUT2D eigenvalue weighted by atomic mass is 10.3. The zero-order chi connectivity index (χ0) is 6.69. The lowest BCUT2D eigenvalue weighted by molar-refractivity contribution is -0.132. The van der Waals surface area contributed by atoms with Gasteiger partial charge < -0.3 is 5.11 Å². The van der Waals surface area contributed by atoms with Gasteiger partial charge in [-0.3, -0.25) is 9.10 Å². The summed E-state index contributed by atoms with van der Waals surface area (Å²) in [7, 11) is 0. The molecular weight excluding hydrogens is 138 g/mol. The first kappa shape index (κ1) is 6.89. The predicted molar refractivity (Wildman–Crippen MR) is 35.9 cm³/mol. The molecule has 0 unspecified atom stereocenters. The van der Waals surface area contributed by atoms with Crippen molar-refractivity contribution in [3.63, 3.8) is 0 Å². The average molecular weight is 147 g/mol. The minimum absolute atomic E-state index is 0.147. The van der Waals surface area contributed by atoms with Crippen molar-refractivity contribution in [3.05, 3.63) is 0 Å². The van der Waals surface area contributed by atoms with E-state index in [2.05, 4.69) is 0 Å². The van der Waals surface area contributed by atoms with Crippen LogP contribution in [0.25, 0.3) is 0 Å². The lowest BCUT2D eigenvalue weighted by Gasteiger charge is -2.28. The highest BCUT2D eigenvalue weighted by Gasteiger charge is 2.23. The van der Waals surface area contributed by atoms with E-state index in [4.69, 9.17) is 5.11 Å². The molecule has 1 saturated heterocycles. The molecule has 0 atom stereocenters. The molecular formula is C5H9NO2S. The highest BCUT2D eigenvalue weighted by atomic mass is 32.2. The summed E-state index contributed by atoms with van der Waals surface area (Å²) in [5.74, 6) is 0.819. The van der Waals surface area contributed by atoms with Crippen LogP contribution in [-0.4, -0.2) is 34.2 Å². The Kier molecular flexibility index (Phi) is 2.36. The van der Waals surface area contributed by atoms with Crippen molar-refractivity contribution in [2.75, 3.05) is 18.9 Å². The van der Waals surface area contributed by atoms with Crippen LogP contribution in [0.4, 0.5) is 0 Å². The third kappa shape index (κ3) is 1.59. The molecule has 1 aliphatic rings. The van der Waals surface area contributed by atoms with Crippen LogP contribution < -0.4 is 0 Å². The van der Waals surface area contributed by atoms with E-state index in [0.29, 0.717) is 12.2 Å². The van der Waals surface area contributed by atoms with Gasteiger partial charge in [-0.15, -0.1) is 0 Å². The summed E-state index contributed by atoms with van der Waals surface area (Å²) in [6.07, 6.45) is 0.679. The topological polar surface area (TPSA) is 40.5 Å². The number of hydrogen-bond acceptors (Lipinski definition) is 3. The number of rotatable bonds is 3. The molecule has 0 aromatic heterocycles. The van der Waals surface area contributed by atoms with Gasteiger partial charge in [0.05, 0.1) is 6.61 Å². The van der Waals surface area contributed by atoms with Crippen molar-refractivity contribution in [1.82, 2.24) is 4.31 Å². The molecule has 1 rings (SSSR count). The fourth-order valence-electron chi connectivity index (χ4n) is 0.582. The van der Waals surface area contributed by atoms with Crippen molar-refractivity contribution in [2.24, 2.45) is 0 Å². The quantitative estimate of drug-likeness (QED) is 0.446. The normalized spacial score (nSPS) is 17.9. The Bertz CT molecular complexity index is 118. The van der Waals surface area contributed by atoms with Gasteiger partial charge in [0.2, 0.25) is 5.91 Å². The smallest absolute Gasteiger partial charge is 0.234 e. The number of carbonyl (C=O) groups is 1. The van der Waals surface area contributed by atoms with Crippen LogP contribution in [-0.2, 0) is 4.79 Å². The van der Waals surface area contributed by atoms with E-state index >= 15 is 0 Å². The molecule has 0 radical (unpaired) electrons. The maximum atomic E-state index is 10.6. The highest BCUT2D eigenvalue weighted by Crippen LogP contribution is 2.19. The van der Waals surface area contributed by atoms with Gasteiger partial charge in [0.25, 0.3) is 0 Å². The van der Waals surface area contributed by atoms with Gasteiger partial charge >= 0.3 is 0 Å². The SMILES string of the molecule is O=C1CCN1SCCO. The van der Waals surface area contributed by atoms with Crippen LogP contribution in [0.15, 0.2) is 0 Å². The Balaban J connectivity index is 2.06. The molecule has 0 aromatic carbocycles. The second-order valence-electron chi connectivity index (χ2n) is 1.80. The molecule has 4 heteroatoms. The Hall–Kier alpha value is -0.220. The first-order chi connectivity index (χ1) is 4.34. The Morgan fingerprint density at radius 1 is 1.78 bits per heavy atom. The van der Waals surface area contributed by atoms with Gasteiger partial charge in [0.1, 0.15) is 0 Å². The molecule has 0 bridgehead atoms. The number of nitrogens with zero attached hydrogens (tertiary/aromatic N) is 1. The third-order valence-corrected chi connectivity index (χ3v) is 2.21. The maximum absolute atomic E-state index is 10.6. The van der Waals surface area contributed by atoms with Gasteiger partial charge in [-0.2, -0.15) is 0 Å². The van der Waals surface area contributed by atoms with Crippen LogP contribution in [0, 0.1) is 0 Å². The van der Waals surface area contributed by atoms with E-state index < -0.39 is 0 Å². The highest BCUT2D eigenvalue weighted by molar-refractivity contribution is 7.97. The standard InChI is InChI=1S/C5H9NO2S/c7-3-4-9-6-2-1-5(6)8/h7H,1-4H2. The van der Waals surface area contributed by atoms with Crippen molar-refractivity contribution in [1.29, 1.82) is 0 Å². The number of β-lactam (4-membered cyclic amide) rings is 1. The summed E-state index contributed by atoms with van der Waals surface area (Å²) in [4.78, 5) is 10.6. The fourth-order valence-corrected chi connectivity index (χ4v) is 1.34. The van der Waals surface area contributed by atoms with Crippen molar-refractivity contribution < 1.29 is 9.90 Å². The summed E-state index contributed by atoms with van der Waals surface area (Å²) in [5, 5.41) is 8.36.